The fourth-order valence-corrected chi connectivity index (χ4v) is 100. The van der Waals surface area contributed by atoms with E-state index in [1.807, 2.05) is 5.56 Å². The van der Waals surface area contributed by atoms with Crippen LogP contribution in [0.5, 0.6) is 0 Å². The molecule has 10 saturated heterocycles. The average Bonchev–Trinajstić information content (AvgIpc) is 3.42. The standard InChI is InChI=1S/C14H17Si.C5H5.Fe/c1-15(2)14(13-10-6-7-11-13)12-8-4-3-5-9-12;1-2-4-5-3-1;/h3-11,14-15H,1-2H3;1-5H;. The fourth-order valence-electron chi connectivity index (χ4n) is 19.0. The molecule has 1 aromatic carbocycles. The van der Waals surface area contributed by atoms with E-state index in [0.29, 0.717) is 0 Å². The van der Waals surface area contributed by atoms with E-state index in [1.165, 1.54) is 43.3 Å². The van der Waals surface area contributed by atoms with Gasteiger partial charge < -0.3 is 0 Å². The molecule has 5 atom stereocenters. The molecule has 1 aromatic rings. The van der Waals surface area contributed by atoms with Crippen LogP contribution in [0.3, 0.4) is 0 Å². The van der Waals surface area contributed by atoms with Crippen LogP contribution in [0.25, 0.3) is 0 Å². The summed E-state index contributed by atoms with van der Waals surface area (Å²) in [5, 5.41) is 0. The minimum absolute atomic E-state index is 0.603. The van der Waals surface area contributed by atoms with Gasteiger partial charge in [-0.15, -0.1) is 0 Å². The van der Waals surface area contributed by atoms with Gasteiger partial charge in [0.25, 0.3) is 0 Å². The van der Waals surface area contributed by atoms with Gasteiger partial charge in [0.15, 0.2) is 0 Å². The third-order valence-corrected chi connectivity index (χ3v) is 62.3. The Balaban J connectivity index is 1.39. The van der Waals surface area contributed by atoms with Crippen LogP contribution in [0, 0.1) is 0 Å². The zero-order chi connectivity index (χ0) is 13.3. The number of hydrogen-bond donors (Lipinski definition) is 0. The van der Waals surface area contributed by atoms with Crippen molar-refractivity contribution in [3.8, 4) is 0 Å². The first kappa shape index (κ1) is 8.71. The Kier molecular flexibility index (Phi) is 0.352. The van der Waals surface area contributed by atoms with Crippen molar-refractivity contribution in [1.82, 2.24) is 0 Å². The van der Waals surface area contributed by atoms with Crippen molar-refractivity contribution in [3.05, 3.63) is 35.9 Å². The summed E-state index contributed by atoms with van der Waals surface area (Å²) in [5.41, 5.74) is 2.93. The molecule has 11 rings (SSSR count). The Morgan fingerprint density at radius 3 is 1.71 bits per heavy atom. The van der Waals surface area contributed by atoms with E-state index in [0.717, 1.165) is 9.85 Å². The summed E-state index contributed by atoms with van der Waals surface area (Å²) in [7, 11) is -0.603. The molecule has 1 spiro atoms. The molecule has 2 heteroatoms. The van der Waals surface area contributed by atoms with E-state index in [9.17, 15) is 0 Å². The maximum absolute atomic E-state index is 2.89. The second kappa shape index (κ2) is 0.848. The topological polar surface area (TPSA) is 0 Å². The van der Waals surface area contributed by atoms with Crippen LogP contribution in [-0.4, -0.2) is 8.80 Å². The first-order valence-electron chi connectivity index (χ1n) is 9.23. The first-order chi connectivity index (χ1) is 9.97. The quantitative estimate of drug-likeness (QED) is 0.635. The van der Waals surface area contributed by atoms with Crippen molar-refractivity contribution in [3.63, 3.8) is 0 Å². The van der Waals surface area contributed by atoms with Gasteiger partial charge in [0.2, 0.25) is 0 Å². The summed E-state index contributed by atoms with van der Waals surface area (Å²) >= 11 is 0. The van der Waals surface area contributed by atoms with Gasteiger partial charge in [0, 0.05) is 0 Å². The summed E-state index contributed by atoms with van der Waals surface area (Å²) < 4.78 is 1.10. The van der Waals surface area contributed by atoms with Crippen molar-refractivity contribution >= 4 is 8.80 Å². The first-order valence-corrected chi connectivity index (χ1v) is 18.5. The van der Waals surface area contributed by atoms with Gasteiger partial charge in [-0.25, -0.2) is 0 Å². The fraction of sp³-hybridized carbons (Fsp3) is 0.684. The van der Waals surface area contributed by atoms with Crippen LogP contribution in [-0.2, 0) is 6.51 Å². The van der Waals surface area contributed by atoms with Crippen LogP contribution in [0.2, 0.25) is 60.8 Å². The molecule has 21 heavy (non-hydrogen) atoms. The Morgan fingerprint density at radius 1 is 0.857 bits per heavy atom. The van der Waals surface area contributed by atoms with Gasteiger partial charge in [-0.2, -0.15) is 0 Å². The molecule has 0 saturated carbocycles. The second-order valence-corrected chi connectivity index (χ2v) is 39.6. The molecule has 0 radical (unpaired) electrons. The molecular weight excluding hydrogens is 312 g/mol. The van der Waals surface area contributed by atoms with E-state index in [1.54, 1.807) is 0 Å². The predicted molar refractivity (Wildman–Crippen MR) is 84.5 cm³/mol. The number of rotatable bonds is 3. The normalized spacial score (nSPS) is 100. The SMILES string of the molecule is C[SiH](C)C(c1ccccc1)[C]12[CH]3[CH]4[CH]5[CH]1[Fe]45321678[CH]2[CH]1[CH]6[CH]7[CH]28. The van der Waals surface area contributed by atoms with Gasteiger partial charge >= 0.3 is 117 Å². The monoisotopic (exact) mass is 334 g/mol. The zero-order valence-electron chi connectivity index (χ0n) is 12.6. The molecule has 0 amide bonds. The summed E-state index contributed by atoms with van der Waals surface area (Å²) in [4.78, 5) is 13.4. The van der Waals surface area contributed by atoms with Crippen LogP contribution >= 0.6 is 0 Å². The summed E-state index contributed by atoms with van der Waals surface area (Å²) in [6.07, 6.45) is 0. The molecule has 0 N–H and O–H groups in total. The molecule has 10 aliphatic heterocycles. The summed E-state index contributed by atoms with van der Waals surface area (Å²) in [5.74, 6) is 0. The molecule has 5 unspecified atom stereocenters. The molecular formula is C19H22FeSi. The molecule has 0 aliphatic carbocycles. The predicted octanol–water partition coefficient (Wildman–Crippen LogP) is 5.56. The van der Waals surface area contributed by atoms with Gasteiger partial charge in [0.1, 0.15) is 0 Å². The van der Waals surface area contributed by atoms with Gasteiger partial charge in [-0.3, -0.25) is 0 Å². The van der Waals surface area contributed by atoms with Crippen molar-refractivity contribution < 1.29 is 6.51 Å². The summed E-state index contributed by atoms with van der Waals surface area (Å²) in [6.45, 7) is 2.50. The molecule has 10 fully saturated rings. The van der Waals surface area contributed by atoms with E-state index >= 15 is 0 Å². The van der Waals surface area contributed by atoms with Gasteiger partial charge in [-0.1, -0.05) is 0 Å². The van der Waals surface area contributed by atoms with E-state index < -0.39 is 15.3 Å². The number of fused-ring (bicyclic) bond motifs is 10. The molecule has 0 nitrogen and oxygen atoms in total. The molecule has 0 bridgehead atoms. The van der Waals surface area contributed by atoms with E-state index in [-0.39, 0.29) is 0 Å². The van der Waals surface area contributed by atoms with Crippen molar-refractivity contribution in [1.29, 1.82) is 0 Å². The third-order valence-electron chi connectivity index (χ3n) is 17.1. The van der Waals surface area contributed by atoms with Crippen LogP contribution < -0.4 is 0 Å². The maximum atomic E-state index is 2.70. The van der Waals surface area contributed by atoms with E-state index in [4.69, 9.17) is 0 Å². The van der Waals surface area contributed by atoms with Crippen LogP contribution in [0.4, 0.5) is 0 Å². The Hall–Kier alpha value is -0.0436. The Bertz CT molecular complexity index is 1120. The Morgan fingerprint density at radius 2 is 1.38 bits per heavy atom. The summed E-state index contributed by atoms with van der Waals surface area (Å²) in [6, 6.07) is 12.0. The van der Waals surface area contributed by atoms with Crippen molar-refractivity contribution in [2.45, 2.75) is 66.3 Å². The van der Waals surface area contributed by atoms with Gasteiger partial charge in [-0.05, 0) is 0 Å². The molecule has 10 aliphatic rings. The molecule has 110 valence electrons. The van der Waals surface area contributed by atoms with Crippen molar-refractivity contribution in [2.24, 2.45) is 0 Å². The zero-order valence-corrected chi connectivity index (χ0v) is 14.9. The third kappa shape index (κ3) is 0.117. The Labute approximate surface area is 117 Å². The number of benzene rings is 1. The van der Waals surface area contributed by atoms with Gasteiger partial charge in [0.05, 0.1) is 0 Å². The van der Waals surface area contributed by atoms with Crippen molar-refractivity contribution in [2.75, 3.05) is 0 Å². The average molecular weight is 334 g/mol. The second-order valence-electron chi connectivity index (χ2n) is 12.9. The van der Waals surface area contributed by atoms with Crippen LogP contribution in [0.15, 0.2) is 30.3 Å². The van der Waals surface area contributed by atoms with Crippen LogP contribution in [0.1, 0.15) is 11.1 Å². The minimum atomic E-state index is -2.89. The molecule has 10 heterocycles. The number of hydrogen-bond acceptors (Lipinski definition) is 0. The molecule has 0 aromatic heterocycles. The van der Waals surface area contributed by atoms with E-state index in [2.05, 4.69) is 43.4 Å².